The fourth-order valence-corrected chi connectivity index (χ4v) is 4.69. The van der Waals surface area contributed by atoms with E-state index in [1.807, 2.05) is 78.9 Å². The van der Waals surface area contributed by atoms with Gasteiger partial charge in [-0.25, -0.2) is 0 Å². The molecule has 0 aliphatic carbocycles. The second-order valence-corrected chi connectivity index (χ2v) is 11.1. The summed E-state index contributed by atoms with van der Waals surface area (Å²) in [6, 6.07) is 24.5. The van der Waals surface area contributed by atoms with E-state index in [0.29, 0.717) is 22.6 Å². The van der Waals surface area contributed by atoms with Gasteiger partial charge in [0.1, 0.15) is 11.5 Å². The van der Waals surface area contributed by atoms with Gasteiger partial charge in [0.15, 0.2) is 5.60 Å². The maximum Gasteiger partial charge on any atom is 0.243 e. The van der Waals surface area contributed by atoms with Crippen molar-refractivity contribution in [2.75, 3.05) is 14.2 Å². The van der Waals surface area contributed by atoms with Gasteiger partial charge in [0.25, 0.3) is 0 Å². The van der Waals surface area contributed by atoms with Gasteiger partial charge in [-0.2, -0.15) is 0 Å². The summed E-state index contributed by atoms with van der Waals surface area (Å²) in [6.45, 7) is 0. The molecule has 0 aliphatic rings. The van der Waals surface area contributed by atoms with Crippen molar-refractivity contribution in [1.29, 1.82) is 0 Å². The molecule has 7 heteroatoms. The molecule has 0 aliphatic heterocycles. The van der Waals surface area contributed by atoms with Gasteiger partial charge in [-0.15, -0.1) is 0 Å². The SMILES string of the molecule is COc1ccccc1C(OP(O)(=S)S)(c1ccccc1)c1ccccc1OC. The van der Waals surface area contributed by atoms with Crippen molar-refractivity contribution in [2.24, 2.45) is 0 Å². The van der Waals surface area contributed by atoms with Crippen molar-refractivity contribution in [3.63, 3.8) is 0 Å². The van der Waals surface area contributed by atoms with Crippen LogP contribution in [-0.2, 0) is 21.9 Å². The molecule has 0 heterocycles. The van der Waals surface area contributed by atoms with Crippen LogP contribution in [0.3, 0.4) is 0 Å². The van der Waals surface area contributed by atoms with Gasteiger partial charge in [0, 0.05) is 11.1 Å². The van der Waals surface area contributed by atoms with E-state index in [-0.39, 0.29) is 0 Å². The van der Waals surface area contributed by atoms with Gasteiger partial charge in [-0.05, 0) is 29.5 Å². The molecule has 0 amide bonds. The first-order valence-corrected chi connectivity index (χ1v) is 12.3. The third-order valence-corrected chi connectivity index (χ3v) is 5.39. The predicted molar refractivity (Wildman–Crippen MR) is 119 cm³/mol. The zero-order valence-electron chi connectivity index (χ0n) is 15.5. The first-order valence-electron chi connectivity index (χ1n) is 8.51. The lowest BCUT2D eigenvalue weighted by Crippen LogP contribution is -2.32. The third-order valence-electron chi connectivity index (χ3n) is 4.41. The molecule has 0 radical (unpaired) electrons. The van der Waals surface area contributed by atoms with Crippen molar-refractivity contribution >= 4 is 29.7 Å². The van der Waals surface area contributed by atoms with Crippen molar-refractivity contribution in [1.82, 2.24) is 0 Å². The number of hydrogen-bond donors (Lipinski definition) is 2. The average molecular weight is 433 g/mol. The van der Waals surface area contributed by atoms with Crippen LogP contribution in [0.15, 0.2) is 78.9 Å². The minimum absolute atomic E-state index is 0.592. The van der Waals surface area contributed by atoms with E-state index in [1.165, 1.54) is 0 Å². The first kappa shape index (κ1) is 20.9. The molecule has 1 N–H and O–H groups in total. The van der Waals surface area contributed by atoms with E-state index in [4.69, 9.17) is 25.8 Å². The van der Waals surface area contributed by atoms with Crippen molar-refractivity contribution in [2.45, 2.75) is 5.60 Å². The maximum absolute atomic E-state index is 10.6. The van der Waals surface area contributed by atoms with Crippen molar-refractivity contribution in [3.8, 4) is 11.5 Å². The molecule has 28 heavy (non-hydrogen) atoms. The molecular formula is C21H21O4PS2. The van der Waals surface area contributed by atoms with Gasteiger partial charge in [0.05, 0.1) is 14.2 Å². The molecule has 3 aromatic carbocycles. The largest absolute Gasteiger partial charge is 0.496 e. The van der Waals surface area contributed by atoms with Gasteiger partial charge >= 0.3 is 0 Å². The summed E-state index contributed by atoms with van der Waals surface area (Å²) in [5, 5.41) is 0. The quantitative estimate of drug-likeness (QED) is 0.307. The Bertz CT molecular complexity index is 941. The Labute approximate surface area is 175 Å². The Morgan fingerprint density at radius 1 is 0.786 bits per heavy atom. The van der Waals surface area contributed by atoms with Crippen LogP contribution in [0, 0.1) is 0 Å². The highest BCUT2D eigenvalue weighted by Crippen LogP contribution is 2.59. The van der Waals surface area contributed by atoms with E-state index < -0.39 is 11.3 Å². The smallest absolute Gasteiger partial charge is 0.243 e. The van der Waals surface area contributed by atoms with Crippen LogP contribution >= 0.6 is 17.9 Å². The third kappa shape index (κ3) is 4.12. The lowest BCUT2D eigenvalue weighted by Gasteiger charge is -2.38. The number of hydrogen-bond acceptors (Lipinski definition) is 4. The molecular weight excluding hydrogens is 411 g/mol. The molecule has 146 valence electrons. The van der Waals surface area contributed by atoms with Crippen LogP contribution in [0.25, 0.3) is 0 Å². The van der Waals surface area contributed by atoms with Crippen LogP contribution in [0.4, 0.5) is 0 Å². The average Bonchev–Trinajstić information content (AvgIpc) is 2.72. The van der Waals surface area contributed by atoms with Gasteiger partial charge < -0.3 is 18.9 Å². The molecule has 1 unspecified atom stereocenters. The number of benzene rings is 3. The summed E-state index contributed by atoms with van der Waals surface area (Å²) < 4.78 is 17.5. The fraction of sp³-hybridized carbons (Fsp3) is 0.143. The van der Waals surface area contributed by atoms with Crippen LogP contribution in [0.1, 0.15) is 16.7 Å². The molecule has 3 rings (SSSR count). The van der Waals surface area contributed by atoms with Crippen molar-refractivity contribution in [3.05, 3.63) is 95.6 Å². The normalized spacial score (nSPS) is 13.6. The molecule has 0 aromatic heterocycles. The van der Waals surface area contributed by atoms with Gasteiger partial charge in [-0.3, -0.25) is 0 Å². The molecule has 1 atom stereocenters. The van der Waals surface area contributed by atoms with Crippen LogP contribution in [0.5, 0.6) is 11.5 Å². The summed E-state index contributed by atoms with van der Waals surface area (Å²) in [6.07, 6.45) is 0. The summed E-state index contributed by atoms with van der Waals surface area (Å²) in [5.41, 5.74) is -2.58. The van der Waals surface area contributed by atoms with E-state index in [1.54, 1.807) is 14.2 Å². The fourth-order valence-electron chi connectivity index (χ4n) is 3.33. The number of para-hydroxylation sites is 2. The highest BCUT2D eigenvalue weighted by Gasteiger charge is 2.45. The second kappa shape index (κ2) is 8.68. The predicted octanol–water partition coefficient (Wildman–Crippen LogP) is 5.16. The summed E-state index contributed by atoms with van der Waals surface area (Å²) >= 11 is 9.42. The molecule has 0 fully saturated rings. The zero-order valence-corrected chi connectivity index (χ0v) is 18.1. The topological polar surface area (TPSA) is 47.9 Å². The second-order valence-electron chi connectivity index (χ2n) is 6.03. The highest BCUT2D eigenvalue weighted by atomic mass is 32.9. The van der Waals surface area contributed by atoms with E-state index in [2.05, 4.69) is 12.2 Å². The number of thiol groups is 1. The van der Waals surface area contributed by atoms with E-state index in [9.17, 15) is 4.89 Å². The van der Waals surface area contributed by atoms with E-state index in [0.717, 1.165) is 5.56 Å². The first-order chi connectivity index (χ1) is 13.4. The monoisotopic (exact) mass is 432 g/mol. The molecule has 0 saturated carbocycles. The standard InChI is InChI=1S/C21H21O4PS2/c1-23-19-14-8-6-12-17(19)21(25-26(22,27)28,16-10-4-3-5-11-16)18-13-7-9-15-20(18)24-2/h3-15H,1-2H3,(H2,22,27,28). The van der Waals surface area contributed by atoms with Crippen LogP contribution in [-0.4, -0.2) is 19.1 Å². The molecule has 0 spiro atoms. The molecule has 4 nitrogen and oxygen atoms in total. The maximum atomic E-state index is 10.6. The minimum atomic E-state index is -3.43. The Morgan fingerprint density at radius 2 is 1.21 bits per heavy atom. The Balaban J connectivity index is 2.48. The van der Waals surface area contributed by atoms with Gasteiger partial charge in [-0.1, -0.05) is 79.0 Å². The summed E-state index contributed by atoms with van der Waals surface area (Å²) in [7, 11) is 3.18. The summed E-state index contributed by atoms with van der Waals surface area (Å²) in [5.74, 6) is 1.18. The van der Waals surface area contributed by atoms with Crippen LogP contribution < -0.4 is 9.47 Å². The minimum Gasteiger partial charge on any atom is -0.496 e. The van der Waals surface area contributed by atoms with Gasteiger partial charge in [0.2, 0.25) is 5.69 Å². The van der Waals surface area contributed by atoms with E-state index >= 15 is 0 Å². The Morgan fingerprint density at radius 3 is 1.64 bits per heavy atom. The molecule has 0 saturated heterocycles. The Kier molecular flexibility index (Phi) is 6.48. The highest BCUT2D eigenvalue weighted by molar-refractivity contribution is 8.59. The zero-order chi connectivity index (χ0) is 20.2. The number of methoxy groups -OCH3 is 2. The Hall–Kier alpha value is -1.82. The summed E-state index contributed by atoms with van der Waals surface area (Å²) in [4.78, 5) is 10.6. The van der Waals surface area contributed by atoms with Crippen LogP contribution in [0.2, 0.25) is 0 Å². The molecule has 0 bridgehead atoms. The lowest BCUT2D eigenvalue weighted by molar-refractivity contribution is 0.154. The number of rotatable bonds is 7. The lowest BCUT2D eigenvalue weighted by atomic mass is 9.79. The molecule has 3 aromatic rings. The van der Waals surface area contributed by atoms with Crippen molar-refractivity contribution < 1.29 is 18.9 Å². The number of ether oxygens (including phenoxy) is 2.